The molecule has 0 bridgehead atoms. The van der Waals surface area contributed by atoms with Crippen LogP contribution in [0.4, 0.5) is 10.6 Å². The number of amides is 1. The lowest BCUT2D eigenvalue weighted by molar-refractivity contribution is 0.105. The molecule has 4 rings (SSSR count). The molecule has 1 aromatic heterocycles. The summed E-state index contributed by atoms with van der Waals surface area (Å²) in [6.45, 7) is 5.48. The first kappa shape index (κ1) is 23.4. The van der Waals surface area contributed by atoms with E-state index >= 15 is 0 Å². The zero-order valence-electron chi connectivity index (χ0n) is 19.0. The Labute approximate surface area is 198 Å². The van der Waals surface area contributed by atoms with Crippen LogP contribution in [0.25, 0.3) is 11.0 Å². The average Bonchev–Trinajstić information content (AvgIpc) is 2.84. The number of anilines is 1. The van der Waals surface area contributed by atoms with E-state index in [1.165, 1.54) is 12.1 Å². The van der Waals surface area contributed by atoms with Gasteiger partial charge in [0.05, 0.1) is 28.6 Å². The van der Waals surface area contributed by atoms with Gasteiger partial charge < -0.3 is 14.5 Å². The molecule has 0 aliphatic carbocycles. The van der Waals surface area contributed by atoms with Crippen LogP contribution in [0.15, 0.2) is 53.4 Å². The van der Waals surface area contributed by atoms with Gasteiger partial charge in [-0.1, -0.05) is 29.8 Å². The molecule has 0 N–H and O–H groups in total. The molecule has 2 heterocycles. The van der Waals surface area contributed by atoms with E-state index < -0.39 is 15.1 Å². The number of carbonyl (C=O) groups excluding carboxylic acids is 1. The first-order valence-corrected chi connectivity index (χ1v) is 12.5. The second-order valence-corrected chi connectivity index (χ2v) is 9.99. The third kappa shape index (κ3) is 4.52. The fourth-order valence-corrected chi connectivity index (χ4v) is 5.25. The first-order chi connectivity index (χ1) is 16.3. The van der Waals surface area contributed by atoms with Crippen LogP contribution in [0.5, 0.6) is 0 Å². The standard InChI is InChI=1S/C24H25N5O4S/c1-3-33-24(30)29-14-12-28(13-15-29)23-22(26-19-6-4-5-7-20(19)27-23)21(16-25)34(31,32)18-10-8-17(2)9-11-18/h4-11,21H,3,12-15H2,1-2H3/t21-/m0/s1. The molecular formula is C24H25N5O4S. The maximum absolute atomic E-state index is 13.5. The molecule has 34 heavy (non-hydrogen) atoms. The van der Waals surface area contributed by atoms with Gasteiger partial charge in [0.1, 0.15) is 5.69 Å². The summed E-state index contributed by atoms with van der Waals surface area (Å²) in [7, 11) is -4.06. The van der Waals surface area contributed by atoms with Crippen molar-refractivity contribution in [2.45, 2.75) is 24.0 Å². The normalized spacial score (nSPS) is 15.1. The van der Waals surface area contributed by atoms with Gasteiger partial charge in [-0.15, -0.1) is 0 Å². The second kappa shape index (κ2) is 9.65. The number of piperazine rings is 1. The van der Waals surface area contributed by atoms with Gasteiger partial charge in [-0.25, -0.2) is 23.2 Å². The fourth-order valence-electron chi connectivity index (χ4n) is 3.87. The molecule has 1 fully saturated rings. The number of sulfone groups is 1. The zero-order chi connectivity index (χ0) is 24.3. The van der Waals surface area contributed by atoms with Crippen molar-refractivity contribution >= 4 is 32.8 Å². The topological polar surface area (TPSA) is 116 Å². The van der Waals surface area contributed by atoms with Crippen LogP contribution >= 0.6 is 0 Å². The maximum Gasteiger partial charge on any atom is 0.409 e. The fraction of sp³-hybridized carbons (Fsp3) is 0.333. The van der Waals surface area contributed by atoms with Crippen molar-refractivity contribution in [3.05, 3.63) is 59.8 Å². The molecule has 0 spiro atoms. The van der Waals surface area contributed by atoms with Gasteiger partial charge in [0.2, 0.25) is 9.84 Å². The molecule has 10 heteroatoms. The molecule has 0 unspecified atom stereocenters. The van der Waals surface area contributed by atoms with Crippen molar-refractivity contribution < 1.29 is 17.9 Å². The molecule has 0 saturated carbocycles. The number of aryl methyl sites for hydroxylation is 1. The Bertz CT molecular complexity index is 1340. The molecule has 9 nitrogen and oxygen atoms in total. The van der Waals surface area contributed by atoms with Crippen molar-refractivity contribution in [2.75, 3.05) is 37.7 Å². The van der Waals surface area contributed by atoms with E-state index in [0.29, 0.717) is 49.6 Å². The number of carbonyl (C=O) groups is 1. The number of aromatic nitrogens is 2. The van der Waals surface area contributed by atoms with Gasteiger partial charge in [0.25, 0.3) is 0 Å². The monoisotopic (exact) mass is 479 g/mol. The SMILES string of the molecule is CCOC(=O)N1CCN(c2nc3ccccc3nc2[C@H](C#N)S(=O)(=O)c2ccc(C)cc2)CC1. The van der Waals surface area contributed by atoms with E-state index in [9.17, 15) is 18.5 Å². The largest absolute Gasteiger partial charge is 0.450 e. The van der Waals surface area contributed by atoms with E-state index in [2.05, 4.69) is 4.98 Å². The zero-order valence-corrected chi connectivity index (χ0v) is 19.8. The molecule has 0 radical (unpaired) electrons. The van der Waals surface area contributed by atoms with Crippen molar-refractivity contribution in [3.8, 4) is 6.07 Å². The molecule has 1 amide bonds. The Kier molecular flexibility index (Phi) is 6.65. The van der Waals surface area contributed by atoms with Crippen LogP contribution in [0.3, 0.4) is 0 Å². The highest BCUT2D eigenvalue weighted by Crippen LogP contribution is 2.34. The van der Waals surface area contributed by atoms with Crippen LogP contribution in [0.1, 0.15) is 23.4 Å². The summed E-state index contributed by atoms with van der Waals surface area (Å²) in [5.41, 5.74) is 2.11. The highest BCUT2D eigenvalue weighted by Gasteiger charge is 2.36. The summed E-state index contributed by atoms with van der Waals surface area (Å²) >= 11 is 0. The van der Waals surface area contributed by atoms with E-state index in [-0.39, 0.29) is 16.7 Å². The summed E-state index contributed by atoms with van der Waals surface area (Å²) in [5, 5.41) is 8.48. The summed E-state index contributed by atoms with van der Waals surface area (Å²) in [6.07, 6.45) is -0.385. The van der Waals surface area contributed by atoms with Crippen LogP contribution < -0.4 is 4.90 Å². The van der Waals surface area contributed by atoms with Crippen molar-refractivity contribution in [3.63, 3.8) is 0 Å². The Morgan fingerprint density at radius 1 is 1.06 bits per heavy atom. The quantitative estimate of drug-likeness (QED) is 0.547. The highest BCUT2D eigenvalue weighted by atomic mass is 32.2. The van der Waals surface area contributed by atoms with Crippen LogP contribution in [-0.2, 0) is 14.6 Å². The minimum atomic E-state index is -4.06. The van der Waals surface area contributed by atoms with Crippen LogP contribution in [0, 0.1) is 18.3 Å². The minimum absolute atomic E-state index is 0.0534. The second-order valence-electron chi connectivity index (χ2n) is 7.96. The number of nitriles is 1. The van der Waals surface area contributed by atoms with Gasteiger partial charge >= 0.3 is 6.09 Å². The van der Waals surface area contributed by atoms with Crippen molar-refractivity contribution in [2.24, 2.45) is 0 Å². The Morgan fingerprint density at radius 3 is 2.26 bits per heavy atom. The molecule has 1 aliphatic heterocycles. The van der Waals surface area contributed by atoms with Gasteiger partial charge in [0.15, 0.2) is 11.1 Å². The number of para-hydroxylation sites is 2. The molecule has 176 valence electrons. The van der Waals surface area contributed by atoms with Crippen molar-refractivity contribution in [1.82, 2.24) is 14.9 Å². The molecule has 1 saturated heterocycles. The van der Waals surface area contributed by atoms with E-state index in [1.807, 2.05) is 24.0 Å². The Balaban J connectivity index is 1.76. The predicted octanol–water partition coefficient (Wildman–Crippen LogP) is 3.26. The highest BCUT2D eigenvalue weighted by molar-refractivity contribution is 7.92. The molecule has 2 aromatic carbocycles. The number of hydrogen-bond acceptors (Lipinski definition) is 8. The first-order valence-electron chi connectivity index (χ1n) is 11.0. The summed E-state index contributed by atoms with van der Waals surface area (Å²) in [6, 6.07) is 15.5. The summed E-state index contributed by atoms with van der Waals surface area (Å²) < 4.78 is 32.0. The lowest BCUT2D eigenvalue weighted by atomic mass is 10.2. The molecule has 1 atom stereocenters. The predicted molar refractivity (Wildman–Crippen MR) is 127 cm³/mol. The van der Waals surface area contributed by atoms with Gasteiger partial charge in [0, 0.05) is 26.2 Å². The maximum atomic E-state index is 13.5. The number of ether oxygens (including phenoxy) is 1. The third-order valence-corrected chi connectivity index (χ3v) is 7.59. The third-order valence-electron chi connectivity index (χ3n) is 5.71. The summed E-state index contributed by atoms with van der Waals surface area (Å²) in [5.74, 6) is 0.337. The van der Waals surface area contributed by atoms with Crippen molar-refractivity contribution in [1.29, 1.82) is 5.26 Å². The molecular weight excluding hydrogens is 454 g/mol. The lowest BCUT2D eigenvalue weighted by Crippen LogP contribution is -2.49. The number of fused-ring (bicyclic) bond motifs is 1. The lowest BCUT2D eigenvalue weighted by Gasteiger charge is -2.35. The van der Waals surface area contributed by atoms with Gasteiger partial charge in [-0.2, -0.15) is 5.26 Å². The van der Waals surface area contributed by atoms with Crippen LogP contribution in [-0.4, -0.2) is 62.2 Å². The van der Waals surface area contributed by atoms with Gasteiger partial charge in [-0.3, -0.25) is 0 Å². The Hall–Kier alpha value is -3.71. The Morgan fingerprint density at radius 2 is 1.68 bits per heavy atom. The summed E-state index contributed by atoms with van der Waals surface area (Å²) in [4.78, 5) is 24.9. The van der Waals surface area contributed by atoms with E-state index in [1.54, 1.807) is 42.2 Å². The number of rotatable bonds is 5. The van der Waals surface area contributed by atoms with Gasteiger partial charge in [-0.05, 0) is 38.1 Å². The average molecular weight is 480 g/mol. The number of nitrogens with zero attached hydrogens (tertiary/aromatic N) is 5. The van der Waals surface area contributed by atoms with Crippen LogP contribution in [0.2, 0.25) is 0 Å². The molecule has 3 aromatic rings. The van der Waals surface area contributed by atoms with E-state index in [4.69, 9.17) is 9.72 Å². The van der Waals surface area contributed by atoms with E-state index in [0.717, 1.165) is 5.56 Å². The number of benzene rings is 2. The smallest absolute Gasteiger partial charge is 0.409 e. The molecule has 1 aliphatic rings. The minimum Gasteiger partial charge on any atom is -0.450 e. The number of hydrogen-bond donors (Lipinski definition) is 0.